The first-order valence-electron chi connectivity index (χ1n) is 4.07. The molecule has 2 rings (SSSR count). The highest BCUT2D eigenvalue weighted by atomic mass is 35.5. The number of hydrogen-bond acceptors (Lipinski definition) is 3. The van der Waals surface area contributed by atoms with Crippen LogP contribution in [0, 0.1) is 0 Å². The number of hydrogen-bond donors (Lipinski definition) is 1. The molecule has 2 aromatic heterocycles. The molecule has 0 unspecified atom stereocenters. The Balaban J connectivity index is 2.44. The van der Waals surface area contributed by atoms with E-state index in [4.69, 9.17) is 11.6 Å². The molecular weight excluding hydrogens is 218 g/mol. The second-order valence-corrected chi connectivity index (χ2v) is 3.44. The summed E-state index contributed by atoms with van der Waals surface area (Å²) < 4.78 is 1.65. The molecule has 0 amide bonds. The predicted molar refractivity (Wildman–Crippen MR) is 59.1 cm³/mol. The van der Waals surface area contributed by atoms with E-state index < -0.39 is 0 Å². The molecule has 0 fully saturated rings. The van der Waals surface area contributed by atoms with Crippen molar-refractivity contribution in [2.45, 2.75) is 5.75 Å². The molecule has 3 nitrogen and oxygen atoms in total. The summed E-state index contributed by atoms with van der Waals surface area (Å²) in [6, 6.07) is 5.46. The first-order chi connectivity index (χ1) is 6.81. The minimum absolute atomic E-state index is 0.585. The van der Waals surface area contributed by atoms with Crippen molar-refractivity contribution in [3.63, 3.8) is 0 Å². The first-order valence-corrected chi connectivity index (χ1v) is 5.08. The molecule has 0 aliphatic carbocycles. The van der Waals surface area contributed by atoms with Crippen molar-refractivity contribution in [3.05, 3.63) is 41.3 Å². The van der Waals surface area contributed by atoms with Crippen LogP contribution in [0.25, 0.3) is 5.82 Å². The van der Waals surface area contributed by atoms with Gasteiger partial charge in [-0.25, -0.2) is 9.67 Å². The van der Waals surface area contributed by atoms with Crippen LogP contribution in [0.15, 0.2) is 30.6 Å². The molecule has 2 heterocycles. The molecule has 0 spiro atoms. The predicted octanol–water partition coefficient (Wildman–Crippen LogP) is 2.35. The lowest BCUT2D eigenvalue weighted by molar-refractivity contribution is 0.830. The van der Waals surface area contributed by atoms with Crippen molar-refractivity contribution < 1.29 is 0 Å². The van der Waals surface area contributed by atoms with Crippen molar-refractivity contribution in [3.8, 4) is 5.82 Å². The molecule has 0 aromatic carbocycles. The van der Waals surface area contributed by atoms with E-state index in [2.05, 4.69) is 22.7 Å². The molecule has 0 aliphatic rings. The first kappa shape index (κ1) is 9.55. The molecule has 0 saturated carbocycles. The fraction of sp³-hybridized carbons (Fsp3) is 0.111. The summed E-state index contributed by atoms with van der Waals surface area (Å²) in [5.74, 6) is 1.25. The zero-order valence-electron chi connectivity index (χ0n) is 7.26. The third-order valence-electron chi connectivity index (χ3n) is 1.76. The van der Waals surface area contributed by atoms with Gasteiger partial charge in [0.25, 0.3) is 0 Å². The Hall–Kier alpha value is -1.00. The van der Waals surface area contributed by atoms with E-state index in [0.717, 1.165) is 5.69 Å². The Morgan fingerprint density at radius 3 is 2.93 bits per heavy atom. The van der Waals surface area contributed by atoms with Crippen molar-refractivity contribution in [1.82, 2.24) is 14.8 Å². The highest BCUT2D eigenvalue weighted by molar-refractivity contribution is 7.79. The van der Waals surface area contributed by atoms with E-state index >= 15 is 0 Å². The fourth-order valence-corrected chi connectivity index (χ4v) is 1.49. The van der Waals surface area contributed by atoms with Gasteiger partial charge in [-0.05, 0) is 18.2 Å². The SMILES string of the molecule is SCc1ccn(-c2ncccc2Cl)n1. The van der Waals surface area contributed by atoms with Crippen molar-refractivity contribution in [2.75, 3.05) is 0 Å². The van der Waals surface area contributed by atoms with E-state index in [1.54, 1.807) is 23.0 Å². The summed E-state index contributed by atoms with van der Waals surface area (Å²) in [5.41, 5.74) is 0.898. The third-order valence-corrected chi connectivity index (χ3v) is 2.38. The van der Waals surface area contributed by atoms with Crippen molar-refractivity contribution in [1.29, 1.82) is 0 Å². The summed E-state index contributed by atoms with van der Waals surface area (Å²) in [6.07, 6.45) is 3.50. The lowest BCUT2D eigenvalue weighted by Crippen LogP contribution is -1.99. The van der Waals surface area contributed by atoms with Gasteiger partial charge in [-0.3, -0.25) is 0 Å². The molecular formula is C9H8ClN3S. The molecule has 0 saturated heterocycles. The molecule has 14 heavy (non-hydrogen) atoms. The van der Waals surface area contributed by atoms with Gasteiger partial charge in [-0.1, -0.05) is 11.6 Å². The van der Waals surface area contributed by atoms with Gasteiger partial charge >= 0.3 is 0 Å². The van der Waals surface area contributed by atoms with E-state index in [9.17, 15) is 0 Å². The molecule has 0 N–H and O–H groups in total. The summed E-state index contributed by atoms with van der Waals surface area (Å²) in [4.78, 5) is 4.14. The highest BCUT2D eigenvalue weighted by Crippen LogP contribution is 2.16. The van der Waals surface area contributed by atoms with Crippen LogP contribution in [0.5, 0.6) is 0 Å². The van der Waals surface area contributed by atoms with Crippen LogP contribution in [0.3, 0.4) is 0 Å². The minimum Gasteiger partial charge on any atom is -0.236 e. The van der Waals surface area contributed by atoms with E-state index in [1.807, 2.05) is 12.3 Å². The Kier molecular flexibility index (Phi) is 2.74. The maximum absolute atomic E-state index is 5.97. The average molecular weight is 226 g/mol. The third kappa shape index (κ3) is 1.76. The summed E-state index contributed by atoms with van der Waals surface area (Å²) in [7, 11) is 0. The highest BCUT2D eigenvalue weighted by Gasteiger charge is 2.04. The number of thiol groups is 1. The van der Waals surface area contributed by atoms with Crippen LogP contribution < -0.4 is 0 Å². The second kappa shape index (κ2) is 4.02. The smallest absolute Gasteiger partial charge is 0.172 e. The fourth-order valence-electron chi connectivity index (χ4n) is 1.11. The second-order valence-electron chi connectivity index (χ2n) is 2.72. The Morgan fingerprint density at radius 1 is 1.43 bits per heavy atom. The van der Waals surface area contributed by atoms with Gasteiger partial charge in [0, 0.05) is 18.1 Å². The molecule has 0 atom stereocenters. The van der Waals surface area contributed by atoms with Crippen molar-refractivity contribution >= 4 is 24.2 Å². The Bertz CT molecular complexity index is 441. The quantitative estimate of drug-likeness (QED) is 0.796. The zero-order chi connectivity index (χ0) is 9.97. The maximum atomic E-state index is 5.97. The Labute approximate surface area is 92.1 Å². The number of halogens is 1. The minimum atomic E-state index is 0.585. The summed E-state index contributed by atoms with van der Waals surface area (Å²) >= 11 is 10.1. The van der Waals surface area contributed by atoms with Gasteiger partial charge in [0.2, 0.25) is 0 Å². The van der Waals surface area contributed by atoms with Gasteiger partial charge in [0.15, 0.2) is 5.82 Å². The van der Waals surface area contributed by atoms with E-state index in [1.165, 1.54) is 0 Å². The lowest BCUT2D eigenvalue weighted by atomic mass is 10.4. The van der Waals surface area contributed by atoms with Crippen LogP contribution in [-0.2, 0) is 5.75 Å². The maximum Gasteiger partial charge on any atom is 0.172 e. The number of rotatable bonds is 2. The molecule has 0 radical (unpaired) electrons. The van der Waals surface area contributed by atoms with Crippen LogP contribution in [0.1, 0.15) is 5.69 Å². The van der Waals surface area contributed by atoms with Gasteiger partial charge in [0.05, 0.1) is 10.7 Å². The van der Waals surface area contributed by atoms with E-state index in [-0.39, 0.29) is 0 Å². The van der Waals surface area contributed by atoms with Crippen LogP contribution >= 0.6 is 24.2 Å². The van der Waals surface area contributed by atoms with Crippen LogP contribution in [0.4, 0.5) is 0 Å². The molecule has 5 heteroatoms. The van der Waals surface area contributed by atoms with Gasteiger partial charge < -0.3 is 0 Å². The normalized spacial score (nSPS) is 10.4. The van der Waals surface area contributed by atoms with Gasteiger partial charge in [-0.2, -0.15) is 17.7 Å². The van der Waals surface area contributed by atoms with Crippen LogP contribution in [0.2, 0.25) is 5.02 Å². The largest absolute Gasteiger partial charge is 0.236 e. The molecule has 2 aromatic rings. The molecule has 0 aliphatic heterocycles. The average Bonchev–Trinajstić information content (AvgIpc) is 2.67. The van der Waals surface area contributed by atoms with E-state index in [0.29, 0.717) is 16.6 Å². The number of pyridine rings is 1. The lowest BCUT2D eigenvalue weighted by Gasteiger charge is -2.01. The summed E-state index contributed by atoms with van der Waals surface area (Å²) in [5, 5.41) is 4.84. The monoisotopic (exact) mass is 225 g/mol. The van der Waals surface area contributed by atoms with Gasteiger partial charge in [-0.15, -0.1) is 0 Å². The molecule has 72 valence electrons. The molecule has 0 bridgehead atoms. The van der Waals surface area contributed by atoms with Crippen LogP contribution in [-0.4, -0.2) is 14.8 Å². The topological polar surface area (TPSA) is 30.7 Å². The standard InChI is InChI=1S/C9H8ClN3S/c10-8-2-1-4-11-9(8)13-5-3-7(6-14)12-13/h1-5,14H,6H2. The zero-order valence-corrected chi connectivity index (χ0v) is 8.91. The van der Waals surface area contributed by atoms with Crippen molar-refractivity contribution in [2.24, 2.45) is 0 Å². The van der Waals surface area contributed by atoms with Gasteiger partial charge in [0.1, 0.15) is 0 Å². The Morgan fingerprint density at radius 2 is 2.29 bits per heavy atom. The number of nitrogens with zero attached hydrogens (tertiary/aromatic N) is 3. The number of aromatic nitrogens is 3. The summed E-state index contributed by atoms with van der Waals surface area (Å²) in [6.45, 7) is 0.